The van der Waals surface area contributed by atoms with Crippen LogP contribution in [0.5, 0.6) is 0 Å². The maximum absolute atomic E-state index is 12.7. The fourth-order valence-corrected chi connectivity index (χ4v) is 3.71. The highest BCUT2D eigenvalue weighted by Gasteiger charge is 2.31. The smallest absolute Gasteiger partial charge is 0.264 e. The molecule has 1 fully saturated rings. The third-order valence-corrected chi connectivity index (χ3v) is 4.94. The first kappa shape index (κ1) is 13.4. The Kier molecular flexibility index (Phi) is 3.61. The van der Waals surface area contributed by atoms with E-state index in [-0.39, 0.29) is 11.9 Å². The van der Waals surface area contributed by atoms with Crippen LogP contribution in [0.3, 0.4) is 0 Å². The summed E-state index contributed by atoms with van der Waals surface area (Å²) in [7, 11) is 0. The minimum atomic E-state index is 0.140. The number of nitrogens with one attached hydrogen (secondary N) is 1. The predicted molar refractivity (Wildman–Crippen MR) is 80.0 cm³/mol. The summed E-state index contributed by atoms with van der Waals surface area (Å²) in [5.74, 6) is 0.154. The van der Waals surface area contributed by atoms with Gasteiger partial charge in [-0.2, -0.15) is 5.10 Å². The van der Waals surface area contributed by atoms with Gasteiger partial charge in [-0.1, -0.05) is 0 Å². The third kappa shape index (κ3) is 2.38. The quantitative estimate of drug-likeness (QED) is 0.920. The van der Waals surface area contributed by atoms with Crippen molar-refractivity contribution in [1.29, 1.82) is 0 Å². The number of aromatic amines is 1. The summed E-state index contributed by atoms with van der Waals surface area (Å²) in [6, 6.07) is 2.12. The molecule has 1 atom stereocenters. The summed E-state index contributed by atoms with van der Waals surface area (Å²) < 4.78 is 0. The Bertz CT molecular complexity index is 616. The van der Waals surface area contributed by atoms with Gasteiger partial charge in [0.2, 0.25) is 0 Å². The molecular weight excluding hydrogens is 270 g/mol. The number of aromatic nitrogens is 2. The lowest BCUT2D eigenvalue weighted by Gasteiger charge is -2.35. The van der Waals surface area contributed by atoms with Crippen LogP contribution in [-0.4, -0.2) is 27.5 Å². The summed E-state index contributed by atoms with van der Waals surface area (Å²) in [5.41, 5.74) is 3.38. The van der Waals surface area contributed by atoms with Gasteiger partial charge in [0.05, 0.1) is 22.8 Å². The second kappa shape index (κ2) is 5.40. The van der Waals surface area contributed by atoms with Gasteiger partial charge in [0.15, 0.2) is 0 Å². The largest absolute Gasteiger partial charge is 0.329 e. The number of rotatable bonds is 2. The number of nitrogens with zero attached hydrogens (tertiary/aromatic N) is 2. The van der Waals surface area contributed by atoms with Crippen LogP contribution in [0.1, 0.15) is 51.8 Å². The van der Waals surface area contributed by atoms with Gasteiger partial charge in [-0.25, -0.2) is 0 Å². The van der Waals surface area contributed by atoms with Crippen molar-refractivity contribution in [3.63, 3.8) is 0 Å². The van der Waals surface area contributed by atoms with E-state index < -0.39 is 0 Å². The lowest BCUT2D eigenvalue weighted by atomic mass is 9.97. The summed E-state index contributed by atoms with van der Waals surface area (Å²) in [6.45, 7) is 4.91. The Morgan fingerprint density at radius 1 is 1.45 bits per heavy atom. The fourth-order valence-electron chi connectivity index (χ4n) is 2.85. The lowest BCUT2D eigenvalue weighted by molar-refractivity contribution is 0.0610. The zero-order valence-corrected chi connectivity index (χ0v) is 12.7. The van der Waals surface area contributed by atoms with Crippen LogP contribution >= 0.6 is 11.3 Å². The van der Waals surface area contributed by atoms with E-state index in [1.807, 2.05) is 36.4 Å². The SMILES string of the molecule is Cc1csc(C(=O)N2CCCCC2c2[nH]ncc2C)c1. The summed E-state index contributed by atoms with van der Waals surface area (Å²) in [6.07, 6.45) is 5.09. The Morgan fingerprint density at radius 2 is 2.30 bits per heavy atom. The Hall–Kier alpha value is -1.62. The van der Waals surface area contributed by atoms with E-state index in [2.05, 4.69) is 10.2 Å². The highest BCUT2D eigenvalue weighted by atomic mass is 32.1. The van der Waals surface area contributed by atoms with Crippen LogP contribution in [0.4, 0.5) is 0 Å². The van der Waals surface area contributed by atoms with E-state index in [4.69, 9.17) is 0 Å². The van der Waals surface area contributed by atoms with Crippen molar-refractivity contribution in [2.45, 2.75) is 39.2 Å². The summed E-state index contributed by atoms with van der Waals surface area (Å²) >= 11 is 1.54. The molecule has 5 heteroatoms. The zero-order chi connectivity index (χ0) is 14.1. The van der Waals surface area contributed by atoms with Crippen LogP contribution in [0.2, 0.25) is 0 Å². The monoisotopic (exact) mass is 289 g/mol. The Labute approximate surface area is 122 Å². The van der Waals surface area contributed by atoms with Gasteiger partial charge in [-0.15, -0.1) is 11.3 Å². The van der Waals surface area contributed by atoms with Gasteiger partial charge < -0.3 is 4.90 Å². The molecule has 0 aromatic carbocycles. The molecule has 1 saturated heterocycles. The van der Waals surface area contributed by atoms with E-state index in [0.29, 0.717) is 0 Å². The highest BCUT2D eigenvalue weighted by molar-refractivity contribution is 7.12. The summed E-state index contributed by atoms with van der Waals surface area (Å²) in [4.78, 5) is 15.6. The Balaban J connectivity index is 1.89. The van der Waals surface area contributed by atoms with Crippen molar-refractivity contribution in [1.82, 2.24) is 15.1 Å². The van der Waals surface area contributed by atoms with Crippen molar-refractivity contribution in [3.05, 3.63) is 39.3 Å². The molecule has 1 aliphatic heterocycles. The molecule has 0 spiro atoms. The molecule has 4 nitrogen and oxygen atoms in total. The molecule has 2 aromatic rings. The fraction of sp³-hybridized carbons (Fsp3) is 0.467. The lowest BCUT2D eigenvalue weighted by Crippen LogP contribution is -2.38. The van der Waals surface area contributed by atoms with Crippen LogP contribution in [-0.2, 0) is 0 Å². The van der Waals surface area contributed by atoms with Crippen molar-refractivity contribution >= 4 is 17.2 Å². The molecule has 1 N–H and O–H groups in total. The molecule has 0 bridgehead atoms. The van der Waals surface area contributed by atoms with Crippen molar-refractivity contribution < 1.29 is 4.79 Å². The Morgan fingerprint density at radius 3 is 2.95 bits per heavy atom. The van der Waals surface area contributed by atoms with E-state index in [1.54, 1.807) is 0 Å². The minimum Gasteiger partial charge on any atom is -0.329 e. The van der Waals surface area contributed by atoms with Crippen molar-refractivity contribution in [2.75, 3.05) is 6.54 Å². The number of piperidine rings is 1. The van der Waals surface area contributed by atoms with Gasteiger partial charge in [0.1, 0.15) is 0 Å². The zero-order valence-electron chi connectivity index (χ0n) is 11.8. The first-order chi connectivity index (χ1) is 9.66. The van der Waals surface area contributed by atoms with E-state index in [1.165, 1.54) is 11.3 Å². The van der Waals surface area contributed by atoms with E-state index in [9.17, 15) is 4.79 Å². The first-order valence-corrected chi connectivity index (χ1v) is 7.91. The highest BCUT2D eigenvalue weighted by Crippen LogP contribution is 2.33. The number of carbonyl (C=O) groups excluding carboxylic acids is 1. The molecule has 3 rings (SSSR count). The number of hydrogen-bond donors (Lipinski definition) is 1. The van der Waals surface area contributed by atoms with Crippen LogP contribution in [0.25, 0.3) is 0 Å². The number of H-pyrrole nitrogens is 1. The predicted octanol–water partition coefficient (Wildman–Crippen LogP) is 3.46. The maximum atomic E-state index is 12.7. The van der Waals surface area contributed by atoms with Crippen molar-refractivity contribution in [3.8, 4) is 0 Å². The molecule has 1 amide bonds. The molecule has 20 heavy (non-hydrogen) atoms. The molecule has 0 radical (unpaired) electrons. The second-order valence-electron chi connectivity index (χ2n) is 5.47. The molecule has 1 aliphatic rings. The van der Waals surface area contributed by atoms with Gasteiger partial charge in [0, 0.05) is 6.54 Å². The molecule has 3 heterocycles. The van der Waals surface area contributed by atoms with Crippen LogP contribution in [0, 0.1) is 13.8 Å². The normalized spacial score (nSPS) is 19.3. The number of carbonyl (C=O) groups is 1. The number of thiophene rings is 1. The topological polar surface area (TPSA) is 49.0 Å². The summed E-state index contributed by atoms with van der Waals surface area (Å²) in [5, 5.41) is 9.22. The van der Waals surface area contributed by atoms with Gasteiger partial charge in [-0.3, -0.25) is 9.89 Å². The minimum absolute atomic E-state index is 0.140. The standard InChI is InChI=1S/C15H19N3OS/c1-10-7-13(20-9-10)15(19)18-6-4-3-5-12(18)14-11(2)8-16-17-14/h7-9,12H,3-6H2,1-2H3,(H,16,17). The number of aryl methyl sites for hydroxylation is 2. The number of amides is 1. The van der Waals surface area contributed by atoms with Crippen LogP contribution < -0.4 is 0 Å². The van der Waals surface area contributed by atoms with Gasteiger partial charge in [-0.05, 0) is 55.7 Å². The third-order valence-electron chi connectivity index (χ3n) is 3.91. The van der Waals surface area contributed by atoms with Gasteiger partial charge in [0.25, 0.3) is 5.91 Å². The van der Waals surface area contributed by atoms with E-state index >= 15 is 0 Å². The molecule has 106 valence electrons. The average molecular weight is 289 g/mol. The maximum Gasteiger partial charge on any atom is 0.264 e. The average Bonchev–Trinajstić information content (AvgIpc) is 3.07. The van der Waals surface area contributed by atoms with E-state index in [0.717, 1.165) is 47.5 Å². The number of hydrogen-bond acceptors (Lipinski definition) is 3. The van der Waals surface area contributed by atoms with Crippen molar-refractivity contribution in [2.24, 2.45) is 0 Å². The second-order valence-corrected chi connectivity index (χ2v) is 6.38. The molecule has 0 saturated carbocycles. The molecule has 1 unspecified atom stereocenters. The number of likely N-dealkylation sites (tertiary alicyclic amines) is 1. The molecule has 2 aromatic heterocycles. The first-order valence-electron chi connectivity index (χ1n) is 7.03. The molecule has 0 aliphatic carbocycles. The van der Waals surface area contributed by atoms with Gasteiger partial charge >= 0.3 is 0 Å². The van der Waals surface area contributed by atoms with Crippen LogP contribution in [0.15, 0.2) is 17.6 Å². The molecular formula is C15H19N3OS.